The second kappa shape index (κ2) is 6.64. The van der Waals surface area contributed by atoms with Crippen molar-refractivity contribution in [2.45, 2.75) is 37.5 Å². The highest BCUT2D eigenvalue weighted by atomic mass is 32.2. The minimum atomic E-state index is -3.01. The molecule has 1 aliphatic heterocycles. The number of piperidine rings is 1. The normalized spacial score (nSPS) is 21.4. The molecule has 3 rings (SSSR count). The van der Waals surface area contributed by atoms with Gasteiger partial charge in [-0.25, -0.2) is 12.7 Å². The molecular weight excluding hydrogens is 298 g/mol. The molecule has 1 saturated heterocycles. The highest BCUT2D eigenvalue weighted by Crippen LogP contribution is 2.31. The Morgan fingerprint density at radius 2 is 1.82 bits per heavy atom. The minimum Gasteiger partial charge on any atom is -0.299 e. The Balaban J connectivity index is 1.45. The van der Waals surface area contributed by atoms with Gasteiger partial charge in [0.2, 0.25) is 10.0 Å². The fourth-order valence-electron chi connectivity index (χ4n) is 3.16. The van der Waals surface area contributed by atoms with E-state index >= 15 is 0 Å². The van der Waals surface area contributed by atoms with Gasteiger partial charge in [-0.1, -0.05) is 0 Å². The Morgan fingerprint density at radius 1 is 1.18 bits per heavy atom. The topological polar surface area (TPSA) is 53.5 Å². The van der Waals surface area contributed by atoms with E-state index < -0.39 is 10.0 Å². The number of likely N-dealkylation sites (tertiary alicyclic amines) is 1. The van der Waals surface area contributed by atoms with Crippen LogP contribution in [0.1, 0.15) is 31.2 Å². The lowest BCUT2D eigenvalue weighted by Crippen LogP contribution is -2.40. The summed E-state index contributed by atoms with van der Waals surface area (Å²) in [6, 6.07) is 4.12. The molecule has 1 aromatic rings. The van der Waals surface area contributed by atoms with E-state index in [1.54, 1.807) is 11.4 Å². The molecule has 0 aromatic carbocycles. The monoisotopic (exact) mass is 323 g/mol. The van der Waals surface area contributed by atoms with Crippen molar-refractivity contribution in [3.63, 3.8) is 0 Å². The highest BCUT2D eigenvalue weighted by Gasteiger charge is 2.39. The van der Waals surface area contributed by atoms with Gasteiger partial charge in [-0.3, -0.25) is 9.88 Å². The summed E-state index contributed by atoms with van der Waals surface area (Å²) in [5, 5.41) is -0.0933. The van der Waals surface area contributed by atoms with Gasteiger partial charge < -0.3 is 0 Å². The average Bonchev–Trinajstić information content (AvgIpc) is 3.35. The van der Waals surface area contributed by atoms with Crippen LogP contribution in [0.5, 0.6) is 0 Å². The fourth-order valence-corrected chi connectivity index (χ4v) is 4.82. The minimum absolute atomic E-state index is 0.0933. The molecule has 1 saturated carbocycles. The van der Waals surface area contributed by atoms with Crippen molar-refractivity contribution in [2.24, 2.45) is 5.92 Å². The average molecular weight is 323 g/mol. The number of pyridine rings is 1. The molecule has 6 heteroatoms. The molecule has 2 fully saturated rings. The van der Waals surface area contributed by atoms with Crippen LogP contribution in [0.4, 0.5) is 0 Å². The molecule has 0 radical (unpaired) electrons. The number of sulfonamides is 1. The summed E-state index contributed by atoms with van der Waals surface area (Å²) in [7, 11) is -1.27. The maximum absolute atomic E-state index is 12.2. The van der Waals surface area contributed by atoms with Crippen molar-refractivity contribution in [3.05, 3.63) is 30.1 Å². The summed E-state index contributed by atoms with van der Waals surface area (Å²) in [5.74, 6) is 0.493. The van der Waals surface area contributed by atoms with Gasteiger partial charge in [0.15, 0.2) is 0 Å². The maximum Gasteiger partial charge on any atom is 0.216 e. The van der Waals surface area contributed by atoms with E-state index in [4.69, 9.17) is 0 Å². The quantitative estimate of drug-likeness (QED) is 0.800. The van der Waals surface area contributed by atoms with Crippen molar-refractivity contribution in [2.75, 3.05) is 26.7 Å². The van der Waals surface area contributed by atoms with E-state index in [9.17, 15) is 8.42 Å². The van der Waals surface area contributed by atoms with E-state index in [2.05, 4.69) is 22.0 Å². The SMILES string of the molecule is CN(CC1CCN(Cc2ccncc2)CC1)S(=O)(=O)C1CC1. The third-order valence-electron chi connectivity index (χ3n) is 4.76. The van der Waals surface area contributed by atoms with E-state index in [-0.39, 0.29) is 5.25 Å². The van der Waals surface area contributed by atoms with Crippen molar-refractivity contribution in [3.8, 4) is 0 Å². The Labute approximate surface area is 133 Å². The molecule has 0 spiro atoms. The van der Waals surface area contributed by atoms with Crippen LogP contribution in [0, 0.1) is 5.92 Å². The summed E-state index contributed by atoms with van der Waals surface area (Å²) >= 11 is 0. The van der Waals surface area contributed by atoms with Gasteiger partial charge in [0, 0.05) is 32.5 Å². The molecule has 1 aromatic heterocycles. The molecule has 1 aliphatic carbocycles. The van der Waals surface area contributed by atoms with E-state index in [0.717, 1.165) is 45.3 Å². The molecule has 22 heavy (non-hydrogen) atoms. The fraction of sp³-hybridized carbons (Fsp3) is 0.688. The van der Waals surface area contributed by atoms with E-state index in [0.29, 0.717) is 12.5 Å². The van der Waals surface area contributed by atoms with Crippen LogP contribution in [0.25, 0.3) is 0 Å². The number of hydrogen-bond donors (Lipinski definition) is 0. The zero-order chi connectivity index (χ0) is 15.6. The molecule has 0 atom stereocenters. The highest BCUT2D eigenvalue weighted by molar-refractivity contribution is 7.90. The summed E-state index contributed by atoms with van der Waals surface area (Å²) in [5.41, 5.74) is 1.29. The molecule has 2 heterocycles. The molecule has 0 unspecified atom stereocenters. The van der Waals surface area contributed by atoms with Gasteiger partial charge in [0.05, 0.1) is 5.25 Å². The standard InChI is InChI=1S/C16H25N3O2S/c1-18(22(20,21)16-2-3-16)12-15-6-10-19(11-7-15)13-14-4-8-17-9-5-14/h4-5,8-9,15-16H,2-3,6-7,10-13H2,1H3. The molecule has 0 N–H and O–H groups in total. The summed E-state index contributed by atoms with van der Waals surface area (Å²) < 4.78 is 26.0. The first-order valence-corrected chi connectivity index (χ1v) is 9.62. The third kappa shape index (κ3) is 3.86. The summed E-state index contributed by atoms with van der Waals surface area (Å²) in [6.07, 6.45) is 7.51. The Bertz CT molecular complexity index is 579. The third-order valence-corrected chi connectivity index (χ3v) is 7.09. The smallest absolute Gasteiger partial charge is 0.216 e. The Kier molecular flexibility index (Phi) is 4.80. The van der Waals surface area contributed by atoms with Crippen molar-refractivity contribution >= 4 is 10.0 Å². The van der Waals surface area contributed by atoms with Crippen LogP contribution in [0.3, 0.4) is 0 Å². The number of aromatic nitrogens is 1. The maximum atomic E-state index is 12.2. The van der Waals surface area contributed by atoms with Crippen molar-refractivity contribution in [1.82, 2.24) is 14.2 Å². The van der Waals surface area contributed by atoms with Crippen LogP contribution in [0.15, 0.2) is 24.5 Å². The molecule has 5 nitrogen and oxygen atoms in total. The van der Waals surface area contributed by atoms with Gasteiger partial charge in [-0.05, 0) is 62.4 Å². The van der Waals surface area contributed by atoms with Crippen LogP contribution < -0.4 is 0 Å². The lowest BCUT2D eigenvalue weighted by molar-refractivity contribution is 0.166. The molecule has 0 bridgehead atoms. The van der Waals surface area contributed by atoms with Crippen molar-refractivity contribution < 1.29 is 8.42 Å². The zero-order valence-corrected chi connectivity index (χ0v) is 14.0. The van der Waals surface area contributed by atoms with Gasteiger partial charge in [0.25, 0.3) is 0 Å². The Hall–Kier alpha value is -0.980. The van der Waals surface area contributed by atoms with Crippen molar-refractivity contribution in [1.29, 1.82) is 0 Å². The number of nitrogens with zero attached hydrogens (tertiary/aromatic N) is 3. The molecule has 2 aliphatic rings. The summed E-state index contributed by atoms with van der Waals surface area (Å²) in [4.78, 5) is 6.49. The molecule has 0 amide bonds. The van der Waals surface area contributed by atoms with Gasteiger partial charge in [0.1, 0.15) is 0 Å². The lowest BCUT2D eigenvalue weighted by Gasteiger charge is -2.33. The van der Waals surface area contributed by atoms with Crippen LogP contribution >= 0.6 is 0 Å². The van der Waals surface area contributed by atoms with Crippen LogP contribution in [-0.2, 0) is 16.6 Å². The van der Waals surface area contributed by atoms with Crippen LogP contribution in [0.2, 0.25) is 0 Å². The van der Waals surface area contributed by atoms with E-state index in [1.165, 1.54) is 5.56 Å². The predicted molar refractivity (Wildman–Crippen MR) is 86.8 cm³/mol. The zero-order valence-electron chi connectivity index (χ0n) is 13.2. The Morgan fingerprint density at radius 3 is 2.41 bits per heavy atom. The van der Waals surface area contributed by atoms with Crippen LogP contribution in [-0.4, -0.2) is 54.5 Å². The van der Waals surface area contributed by atoms with E-state index in [1.807, 2.05) is 12.4 Å². The first-order chi connectivity index (χ1) is 10.6. The number of rotatable bonds is 6. The molecular formula is C16H25N3O2S. The van der Waals surface area contributed by atoms with Gasteiger partial charge in [-0.15, -0.1) is 0 Å². The van der Waals surface area contributed by atoms with Gasteiger partial charge >= 0.3 is 0 Å². The lowest BCUT2D eigenvalue weighted by atomic mass is 9.96. The second-order valence-corrected chi connectivity index (χ2v) is 8.92. The van der Waals surface area contributed by atoms with Gasteiger partial charge in [-0.2, -0.15) is 0 Å². The summed E-state index contributed by atoms with van der Waals surface area (Å²) in [6.45, 7) is 3.74. The molecule has 122 valence electrons. The largest absolute Gasteiger partial charge is 0.299 e. The predicted octanol–water partition coefficient (Wildman–Crippen LogP) is 1.72. The first-order valence-electron chi connectivity index (χ1n) is 8.12. The first kappa shape index (κ1) is 15.9. The number of hydrogen-bond acceptors (Lipinski definition) is 4. The second-order valence-electron chi connectivity index (χ2n) is 6.60.